The van der Waals surface area contributed by atoms with E-state index < -0.39 is 0 Å². The van der Waals surface area contributed by atoms with Gasteiger partial charge in [0.2, 0.25) is 0 Å². The Balaban J connectivity index is 3.02. The Morgan fingerprint density at radius 1 is 0.909 bits per heavy atom. The van der Waals surface area contributed by atoms with Gasteiger partial charge in [-0.05, 0) is 0 Å². The van der Waals surface area contributed by atoms with Gasteiger partial charge in [0.25, 0.3) is 0 Å². The molecular formula is C10H23B. The first-order valence-electron chi connectivity index (χ1n) is 5.31. The molecule has 0 spiro atoms. The summed E-state index contributed by atoms with van der Waals surface area (Å²) in [4.78, 5) is 0. The van der Waals surface area contributed by atoms with Crippen LogP contribution in [0.2, 0.25) is 5.82 Å². The normalized spacial score (nSPS) is 13.3. The monoisotopic (exact) mass is 154 g/mol. The lowest BCUT2D eigenvalue weighted by atomic mass is 9.79. The SMILES string of the molecule is B[C@H](CCCC)CCCCC. The minimum absolute atomic E-state index is 0.974. The Bertz CT molecular complexity index is 71.3. The molecule has 11 heavy (non-hydrogen) atoms. The lowest BCUT2D eigenvalue weighted by Gasteiger charge is -2.08. The van der Waals surface area contributed by atoms with Crippen molar-refractivity contribution in [3.05, 3.63) is 0 Å². The van der Waals surface area contributed by atoms with Gasteiger partial charge >= 0.3 is 0 Å². The Morgan fingerprint density at radius 3 is 2.00 bits per heavy atom. The molecule has 0 amide bonds. The van der Waals surface area contributed by atoms with Crippen LogP contribution in [0.3, 0.4) is 0 Å². The summed E-state index contributed by atoms with van der Waals surface area (Å²) in [7, 11) is 2.39. The van der Waals surface area contributed by atoms with Gasteiger partial charge in [0.15, 0.2) is 0 Å². The molecule has 0 aliphatic rings. The summed E-state index contributed by atoms with van der Waals surface area (Å²) in [6, 6.07) is 0. The molecule has 0 radical (unpaired) electrons. The van der Waals surface area contributed by atoms with Gasteiger partial charge in [-0.3, -0.25) is 0 Å². The van der Waals surface area contributed by atoms with E-state index >= 15 is 0 Å². The summed E-state index contributed by atoms with van der Waals surface area (Å²) in [5, 5.41) is 0. The molecule has 0 aromatic heterocycles. The van der Waals surface area contributed by atoms with E-state index in [1.54, 1.807) is 0 Å². The summed E-state index contributed by atoms with van der Waals surface area (Å²) in [6.07, 6.45) is 9.91. The van der Waals surface area contributed by atoms with Crippen molar-refractivity contribution in [2.45, 2.75) is 64.6 Å². The van der Waals surface area contributed by atoms with Crippen LogP contribution in [0, 0.1) is 0 Å². The van der Waals surface area contributed by atoms with Gasteiger partial charge in [-0.2, -0.15) is 0 Å². The summed E-state index contributed by atoms with van der Waals surface area (Å²) in [6.45, 7) is 4.55. The molecule has 0 bridgehead atoms. The first kappa shape index (κ1) is 11.1. The maximum absolute atomic E-state index is 2.39. The third-order valence-electron chi connectivity index (χ3n) is 2.35. The molecule has 1 atom stereocenters. The minimum Gasteiger partial charge on any atom is -0.0697 e. The van der Waals surface area contributed by atoms with Crippen LogP contribution < -0.4 is 0 Å². The fourth-order valence-electron chi connectivity index (χ4n) is 1.44. The topological polar surface area (TPSA) is 0 Å². The second-order valence-corrected chi connectivity index (χ2v) is 3.74. The third kappa shape index (κ3) is 7.97. The van der Waals surface area contributed by atoms with Crippen molar-refractivity contribution in [1.29, 1.82) is 0 Å². The van der Waals surface area contributed by atoms with Gasteiger partial charge in [-0.15, -0.1) is 0 Å². The Hall–Kier alpha value is 0.0649. The average molecular weight is 154 g/mol. The van der Waals surface area contributed by atoms with Gasteiger partial charge in [-0.1, -0.05) is 64.6 Å². The fourth-order valence-corrected chi connectivity index (χ4v) is 1.44. The Morgan fingerprint density at radius 2 is 1.45 bits per heavy atom. The molecule has 66 valence electrons. The number of hydrogen-bond donors (Lipinski definition) is 0. The van der Waals surface area contributed by atoms with E-state index in [1.165, 1.54) is 44.9 Å². The van der Waals surface area contributed by atoms with Crippen LogP contribution in [0.5, 0.6) is 0 Å². The molecule has 0 N–H and O–H groups in total. The van der Waals surface area contributed by atoms with Gasteiger partial charge in [0, 0.05) is 0 Å². The highest BCUT2D eigenvalue weighted by Gasteiger charge is 1.99. The molecule has 0 aromatic rings. The molecule has 0 nitrogen and oxygen atoms in total. The van der Waals surface area contributed by atoms with Crippen LogP contribution in [-0.2, 0) is 0 Å². The predicted molar refractivity (Wildman–Crippen MR) is 56.0 cm³/mol. The van der Waals surface area contributed by atoms with Crippen molar-refractivity contribution < 1.29 is 0 Å². The van der Waals surface area contributed by atoms with Crippen LogP contribution in [0.15, 0.2) is 0 Å². The molecule has 1 heteroatoms. The summed E-state index contributed by atoms with van der Waals surface area (Å²) < 4.78 is 0. The molecular weight excluding hydrogens is 131 g/mol. The number of hydrogen-bond acceptors (Lipinski definition) is 0. The maximum Gasteiger partial charge on any atom is 0.105 e. The molecule has 0 unspecified atom stereocenters. The quantitative estimate of drug-likeness (QED) is 0.390. The molecule has 0 aromatic carbocycles. The maximum atomic E-state index is 2.39. The fraction of sp³-hybridized carbons (Fsp3) is 1.00. The first-order chi connectivity index (χ1) is 5.31. The number of rotatable bonds is 7. The van der Waals surface area contributed by atoms with Crippen molar-refractivity contribution in [2.24, 2.45) is 0 Å². The van der Waals surface area contributed by atoms with Crippen LogP contribution in [-0.4, -0.2) is 7.85 Å². The lowest BCUT2D eigenvalue weighted by molar-refractivity contribution is 0.584. The van der Waals surface area contributed by atoms with Crippen molar-refractivity contribution >= 4 is 7.85 Å². The second kappa shape index (κ2) is 8.16. The molecule has 0 saturated carbocycles. The smallest absolute Gasteiger partial charge is 0.0697 e. The van der Waals surface area contributed by atoms with Crippen LogP contribution in [0.4, 0.5) is 0 Å². The summed E-state index contributed by atoms with van der Waals surface area (Å²) >= 11 is 0. The van der Waals surface area contributed by atoms with Crippen molar-refractivity contribution in [3.8, 4) is 0 Å². The molecule has 0 saturated heterocycles. The molecule has 0 fully saturated rings. The largest absolute Gasteiger partial charge is 0.105 e. The van der Waals surface area contributed by atoms with E-state index in [1.807, 2.05) is 0 Å². The van der Waals surface area contributed by atoms with Crippen molar-refractivity contribution in [3.63, 3.8) is 0 Å². The molecule has 0 rings (SSSR count). The van der Waals surface area contributed by atoms with Gasteiger partial charge in [0.1, 0.15) is 7.85 Å². The zero-order valence-corrected chi connectivity index (χ0v) is 8.53. The lowest BCUT2D eigenvalue weighted by Crippen LogP contribution is -1.92. The van der Waals surface area contributed by atoms with E-state index in [-0.39, 0.29) is 0 Å². The van der Waals surface area contributed by atoms with Crippen molar-refractivity contribution in [1.82, 2.24) is 0 Å². The minimum atomic E-state index is 0.974. The molecule has 0 aliphatic heterocycles. The highest BCUT2D eigenvalue weighted by atomic mass is 14.0. The van der Waals surface area contributed by atoms with E-state index in [0.717, 1.165) is 5.82 Å². The molecule has 0 aliphatic carbocycles. The van der Waals surface area contributed by atoms with E-state index in [4.69, 9.17) is 0 Å². The standard InChI is InChI=1S/C10H23B/c1-3-5-7-9-10(11)8-6-4-2/h10H,3-9,11H2,1-2H3/t10-/m1/s1. The van der Waals surface area contributed by atoms with E-state index in [0.29, 0.717) is 0 Å². The summed E-state index contributed by atoms with van der Waals surface area (Å²) in [5.41, 5.74) is 0. The third-order valence-corrected chi connectivity index (χ3v) is 2.35. The van der Waals surface area contributed by atoms with Gasteiger partial charge < -0.3 is 0 Å². The predicted octanol–water partition coefficient (Wildman–Crippen LogP) is 3.18. The zero-order chi connectivity index (χ0) is 8.53. The van der Waals surface area contributed by atoms with Crippen LogP contribution >= 0.6 is 0 Å². The number of unbranched alkanes of at least 4 members (excludes halogenated alkanes) is 3. The van der Waals surface area contributed by atoms with E-state index in [2.05, 4.69) is 21.7 Å². The summed E-state index contributed by atoms with van der Waals surface area (Å²) in [5.74, 6) is 0.974. The Kier molecular flexibility index (Phi) is 8.21. The van der Waals surface area contributed by atoms with Gasteiger partial charge in [0.05, 0.1) is 0 Å². The highest BCUT2D eigenvalue weighted by Crippen LogP contribution is 2.18. The van der Waals surface area contributed by atoms with E-state index in [9.17, 15) is 0 Å². The first-order valence-corrected chi connectivity index (χ1v) is 5.31. The molecule has 0 heterocycles. The van der Waals surface area contributed by atoms with Gasteiger partial charge in [-0.25, -0.2) is 0 Å². The van der Waals surface area contributed by atoms with Crippen molar-refractivity contribution in [2.75, 3.05) is 0 Å². The average Bonchev–Trinajstić information content (AvgIpc) is 2.01. The van der Waals surface area contributed by atoms with Crippen LogP contribution in [0.1, 0.15) is 58.8 Å². The Labute approximate surface area is 73.2 Å². The van der Waals surface area contributed by atoms with Crippen LogP contribution in [0.25, 0.3) is 0 Å². The zero-order valence-electron chi connectivity index (χ0n) is 8.53. The highest BCUT2D eigenvalue weighted by molar-refractivity contribution is 6.11. The second-order valence-electron chi connectivity index (χ2n) is 3.74.